The van der Waals surface area contributed by atoms with Crippen LogP contribution in [0.25, 0.3) is 0 Å². The average molecular weight is 325 g/mol. The second-order valence-corrected chi connectivity index (χ2v) is 4.76. The van der Waals surface area contributed by atoms with E-state index in [0.29, 0.717) is 16.8 Å². The molecule has 0 unspecified atom stereocenters. The lowest BCUT2D eigenvalue weighted by molar-refractivity contribution is 0.0696. The third-order valence-corrected chi connectivity index (χ3v) is 3.31. The van der Waals surface area contributed by atoms with E-state index in [4.69, 9.17) is 9.84 Å². The van der Waals surface area contributed by atoms with Crippen LogP contribution in [0.15, 0.2) is 35.2 Å². The van der Waals surface area contributed by atoms with Crippen LogP contribution in [0.3, 0.4) is 0 Å². The van der Waals surface area contributed by atoms with Crippen LogP contribution in [0.2, 0.25) is 0 Å². The number of hydrogen-bond acceptors (Lipinski definition) is 3. The standard InChI is InChI=1S/C13H13BrN2O3/c1-2-16-8-15-6-10(16)7-19-12-4-3-9(13(17)18)5-11(12)14/h3-6,8H,2,7H2,1H3,(H,17,18). The fraction of sp³-hybridized carbons (Fsp3) is 0.231. The van der Waals surface area contributed by atoms with Gasteiger partial charge in [0.05, 0.1) is 28.3 Å². The molecule has 100 valence electrons. The number of rotatable bonds is 5. The zero-order valence-corrected chi connectivity index (χ0v) is 11.9. The Kier molecular flexibility index (Phi) is 4.21. The summed E-state index contributed by atoms with van der Waals surface area (Å²) >= 11 is 3.30. The molecular weight excluding hydrogens is 312 g/mol. The molecule has 2 rings (SSSR count). The first-order chi connectivity index (χ1) is 9.11. The lowest BCUT2D eigenvalue weighted by Gasteiger charge is -2.10. The van der Waals surface area contributed by atoms with E-state index in [1.807, 2.05) is 11.5 Å². The Morgan fingerprint density at radius 2 is 2.32 bits per heavy atom. The molecular formula is C13H13BrN2O3. The van der Waals surface area contributed by atoms with Crippen LogP contribution in [0.4, 0.5) is 0 Å². The quantitative estimate of drug-likeness (QED) is 0.918. The summed E-state index contributed by atoms with van der Waals surface area (Å²) in [6, 6.07) is 4.68. The van der Waals surface area contributed by atoms with E-state index in [1.54, 1.807) is 18.6 Å². The molecule has 0 fully saturated rings. The number of carboxylic acids is 1. The Balaban J connectivity index is 2.10. The van der Waals surface area contributed by atoms with Crippen molar-refractivity contribution in [3.05, 3.63) is 46.5 Å². The molecule has 1 aromatic carbocycles. The molecule has 1 heterocycles. The van der Waals surface area contributed by atoms with Crippen LogP contribution in [-0.2, 0) is 13.2 Å². The van der Waals surface area contributed by atoms with E-state index in [1.165, 1.54) is 12.1 Å². The zero-order chi connectivity index (χ0) is 13.8. The number of ether oxygens (including phenoxy) is 1. The molecule has 1 N–H and O–H groups in total. The summed E-state index contributed by atoms with van der Waals surface area (Å²) in [5.41, 5.74) is 1.19. The predicted octanol–water partition coefficient (Wildman–Crippen LogP) is 2.94. The Labute approximate surface area is 119 Å². The molecule has 0 bridgehead atoms. The van der Waals surface area contributed by atoms with Gasteiger partial charge >= 0.3 is 5.97 Å². The van der Waals surface area contributed by atoms with Gasteiger partial charge in [-0.3, -0.25) is 0 Å². The lowest BCUT2D eigenvalue weighted by atomic mass is 10.2. The largest absolute Gasteiger partial charge is 0.486 e. The lowest BCUT2D eigenvalue weighted by Crippen LogP contribution is -2.04. The SMILES string of the molecule is CCn1cncc1COc1ccc(C(=O)O)cc1Br. The molecule has 0 amide bonds. The molecule has 1 aromatic heterocycles. The first-order valence-electron chi connectivity index (χ1n) is 5.76. The molecule has 19 heavy (non-hydrogen) atoms. The minimum atomic E-state index is -0.962. The molecule has 0 saturated heterocycles. The highest BCUT2D eigenvalue weighted by Crippen LogP contribution is 2.26. The van der Waals surface area contributed by atoms with Gasteiger partial charge in [0.1, 0.15) is 12.4 Å². The van der Waals surface area contributed by atoms with Crippen LogP contribution in [0.5, 0.6) is 5.75 Å². The zero-order valence-electron chi connectivity index (χ0n) is 10.3. The van der Waals surface area contributed by atoms with Gasteiger partial charge in [-0.05, 0) is 41.1 Å². The Morgan fingerprint density at radius 3 is 2.95 bits per heavy atom. The van der Waals surface area contributed by atoms with Crippen molar-refractivity contribution < 1.29 is 14.6 Å². The Morgan fingerprint density at radius 1 is 1.53 bits per heavy atom. The van der Waals surface area contributed by atoms with Gasteiger partial charge in [-0.15, -0.1) is 0 Å². The van der Waals surface area contributed by atoms with Crippen LogP contribution < -0.4 is 4.74 Å². The van der Waals surface area contributed by atoms with Crippen molar-refractivity contribution in [1.29, 1.82) is 0 Å². The monoisotopic (exact) mass is 324 g/mol. The molecule has 0 aliphatic rings. The van der Waals surface area contributed by atoms with Gasteiger partial charge in [0.25, 0.3) is 0 Å². The van der Waals surface area contributed by atoms with E-state index in [-0.39, 0.29) is 5.56 Å². The third kappa shape index (κ3) is 3.14. The topological polar surface area (TPSA) is 64.4 Å². The second kappa shape index (κ2) is 5.88. The highest BCUT2D eigenvalue weighted by Gasteiger charge is 2.08. The van der Waals surface area contributed by atoms with Gasteiger partial charge in [-0.2, -0.15) is 0 Å². The number of aromatic nitrogens is 2. The van der Waals surface area contributed by atoms with Gasteiger partial charge in [0, 0.05) is 6.54 Å². The van der Waals surface area contributed by atoms with Crippen LogP contribution in [-0.4, -0.2) is 20.6 Å². The summed E-state index contributed by atoms with van der Waals surface area (Å²) in [7, 11) is 0. The van der Waals surface area contributed by atoms with Gasteiger partial charge in [-0.25, -0.2) is 9.78 Å². The number of carbonyl (C=O) groups is 1. The second-order valence-electron chi connectivity index (χ2n) is 3.91. The fourth-order valence-electron chi connectivity index (χ4n) is 1.66. The first-order valence-corrected chi connectivity index (χ1v) is 6.55. The van der Waals surface area contributed by atoms with Crippen molar-refractivity contribution in [3.63, 3.8) is 0 Å². The molecule has 2 aromatic rings. The van der Waals surface area contributed by atoms with E-state index in [9.17, 15) is 4.79 Å². The number of carboxylic acid groups (broad SMARTS) is 1. The van der Waals surface area contributed by atoms with E-state index in [2.05, 4.69) is 20.9 Å². The number of nitrogens with zero attached hydrogens (tertiary/aromatic N) is 2. The van der Waals surface area contributed by atoms with Gasteiger partial charge in [0.15, 0.2) is 0 Å². The van der Waals surface area contributed by atoms with Crippen LogP contribution >= 0.6 is 15.9 Å². The summed E-state index contributed by atoms with van der Waals surface area (Å²) in [4.78, 5) is 14.9. The van der Waals surface area contributed by atoms with Gasteiger partial charge < -0.3 is 14.4 Å². The van der Waals surface area contributed by atoms with Crippen molar-refractivity contribution in [2.24, 2.45) is 0 Å². The summed E-state index contributed by atoms with van der Waals surface area (Å²) in [6.45, 7) is 3.25. The molecule has 0 spiro atoms. The van der Waals surface area contributed by atoms with Crippen LogP contribution in [0, 0.1) is 0 Å². The van der Waals surface area contributed by atoms with E-state index >= 15 is 0 Å². The number of imidazole rings is 1. The van der Waals surface area contributed by atoms with Gasteiger partial charge in [-0.1, -0.05) is 0 Å². The number of aryl methyl sites for hydroxylation is 1. The number of hydrogen-bond donors (Lipinski definition) is 1. The van der Waals surface area contributed by atoms with E-state index in [0.717, 1.165) is 12.2 Å². The molecule has 0 aliphatic carbocycles. The highest BCUT2D eigenvalue weighted by atomic mass is 79.9. The number of halogens is 1. The van der Waals surface area contributed by atoms with Crippen molar-refractivity contribution in [2.75, 3.05) is 0 Å². The van der Waals surface area contributed by atoms with Crippen molar-refractivity contribution in [3.8, 4) is 5.75 Å². The maximum Gasteiger partial charge on any atom is 0.335 e. The third-order valence-electron chi connectivity index (χ3n) is 2.69. The van der Waals surface area contributed by atoms with Crippen molar-refractivity contribution in [1.82, 2.24) is 9.55 Å². The smallest absolute Gasteiger partial charge is 0.335 e. The maximum absolute atomic E-state index is 10.8. The summed E-state index contributed by atoms with van der Waals surface area (Å²) in [5, 5.41) is 8.88. The highest BCUT2D eigenvalue weighted by molar-refractivity contribution is 9.10. The Hall–Kier alpha value is -1.82. The molecule has 0 saturated carbocycles. The first kappa shape index (κ1) is 13.6. The maximum atomic E-state index is 10.8. The number of aromatic carboxylic acids is 1. The summed E-state index contributed by atoms with van der Waals surface area (Å²) in [6.07, 6.45) is 3.50. The predicted molar refractivity (Wildman–Crippen MR) is 73.3 cm³/mol. The van der Waals surface area contributed by atoms with Crippen LogP contribution in [0.1, 0.15) is 23.0 Å². The average Bonchev–Trinajstić information content (AvgIpc) is 2.84. The van der Waals surface area contributed by atoms with Crippen molar-refractivity contribution >= 4 is 21.9 Å². The van der Waals surface area contributed by atoms with E-state index < -0.39 is 5.97 Å². The summed E-state index contributed by atoms with van der Waals surface area (Å²) < 4.78 is 8.26. The molecule has 5 nitrogen and oxygen atoms in total. The Bertz CT molecular complexity index is 595. The fourth-order valence-corrected chi connectivity index (χ4v) is 2.15. The molecule has 0 radical (unpaired) electrons. The molecule has 6 heteroatoms. The van der Waals surface area contributed by atoms with Gasteiger partial charge in [0.2, 0.25) is 0 Å². The minimum Gasteiger partial charge on any atom is -0.486 e. The summed E-state index contributed by atoms with van der Waals surface area (Å²) in [5.74, 6) is -0.356. The number of benzene rings is 1. The molecule has 0 atom stereocenters. The molecule has 0 aliphatic heterocycles. The minimum absolute atomic E-state index is 0.220. The normalized spacial score (nSPS) is 10.4. The van der Waals surface area contributed by atoms with Crippen molar-refractivity contribution in [2.45, 2.75) is 20.1 Å².